The van der Waals surface area contributed by atoms with Crippen molar-refractivity contribution in [3.8, 4) is 5.75 Å². The standard InChI is InChI=1S/C19H26N2O4/c1-15(22)20-10-7-16(8-11-20)18(23)21-12-9-19(24,13-21)14-25-17-5-3-2-4-6-17/h2-6,16,24H,7-14H2,1H3/t19-/m0/s1. The zero-order valence-corrected chi connectivity index (χ0v) is 14.7. The van der Waals surface area contributed by atoms with Crippen LogP contribution in [0.4, 0.5) is 0 Å². The van der Waals surface area contributed by atoms with Crippen molar-refractivity contribution in [3.63, 3.8) is 0 Å². The predicted molar refractivity (Wildman–Crippen MR) is 93.1 cm³/mol. The molecule has 2 aliphatic heterocycles. The van der Waals surface area contributed by atoms with E-state index in [4.69, 9.17) is 4.74 Å². The van der Waals surface area contributed by atoms with Gasteiger partial charge in [-0.3, -0.25) is 9.59 Å². The summed E-state index contributed by atoms with van der Waals surface area (Å²) in [5.74, 6) is 0.837. The molecule has 0 radical (unpaired) electrons. The van der Waals surface area contributed by atoms with E-state index < -0.39 is 5.60 Å². The first kappa shape index (κ1) is 17.7. The van der Waals surface area contributed by atoms with Crippen LogP contribution in [0.5, 0.6) is 5.75 Å². The number of carbonyl (C=O) groups excluding carboxylic acids is 2. The van der Waals surface area contributed by atoms with Gasteiger partial charge in [-0.05, 0) is 31.4 Å². The summed E-state index contributed by atoms with van der Waals surface area (Å²) in [5.41, 5.74) is -0.994. The van der Waals surface area contributed by atoms with Gasteiger partial charge in [-0.25, -0.2) is 0 Å². The van der Waals surface area contributed by atoms with Crippen LogP contribution in [0.25, 0.3) is 0 Å². The minimum atomic E-state index is -0.994. The van der Waals surface area contributed by atoms with Crippen molar-refractivity contribution in [1.29, 1.82) is 0 Å². The second-order valence-electron chi connectivity index (χ2n) is 7.12. The van der Waals surface area contributed by atoms with E-state index in [2.05, 4.69) is 0 Å². The molecule has 0 aliphatic carbocycles. The van der Waals surface area contributed by atoms with E-state index in [0.717, 1.165) is 5.75 Å². The lowest BCUT2D eigenvalue weighted by molar-refractivity contribution is -0.140. The molecule has 0 spiro atoms. The molecule has 2 heterocycles. The molecule has 0 saturated carbocycles. The molecule has 6 nitrogen and oxygen atoms in total. The van der Waals surface area contributed by atoms with Gasteiger partial charge in [0.25, 0.3) is 0 Å². The number of ether oxygens (including phenoxy) is 1. The first-order valence-electron chi connectivity index (χ1n) is 8.91. The Morgan fingerprint density at radius 2 is 1.84 bits per heavy atom. The Kier molecular flexibility index (Phi) is 5.27. The Bertz CT molecular complexity index is 613. The second-order valence-corrected chi connectivity index (χ2v) is 7.12. The van der Waals surface area contributed by atoms with Crippen LogP contribution in [0, 0.1) is 5.92 Å². The van der Waals surface area contributed by atoms with Gasteiger partial charge in [0.2, 0.25) is 11.8 Å². The number of carbonyl (C=O) groups is 2. The van der Waals surface area contributed by atoms with Gasteiger partial charge >= 0.3 is 0 Å². The minimum absolute atomic E-state index is 0.0482. The number of piperidine rings is 1. The van der Waals surface area contributed by atoms with Crippen LogP contribution in [-0.2, 0) is 9.59 Å². The van der Waals surface area contributed by atoms with Crippen LogP contribution in [0.1, 0.15) is 26.2 Å². The van der Waals surface area contributed by atoms with Gasteiger partial charge < -0.3 is 19.6 Å². The summed E-state index contributed by atoms with van der Waals surface area (Å²) in [6.45, 7) is 3.90. The maximum absolute atomic E-state index is 12.7. The molecule has 1 N–H and O–H groups in total. The first-order valence-corrected chi connectivity index (χ1v) is 8.91. The van der Waals surface area contributed by atoms with Gasteiger partial charge in [0.1, 0.15) is 18.0 Å². The topological polar surface area (TPSA) is 70.1 Å². The van der Waals surface area contributed by atoms with E-state index in [9.17, 15) is 14.7 Å². The third-order valence-electron chi connectivity index (χ3n) is 5.18. The van der Waals surface area contributed by atoms with Crippen LogP contribution in [0.3, 0.4) is 0 Å². The molecule has 1 aromatic carbocycles. The summed E-state index contributed by atoms with van der Waals surface area (Å²) >= 11 is 0. The predicted octanol–water partition coefficient (Wildman–Crippen LogP) is 1.29. The Balaban J connectivity index is 1.50. The van der Waals surface area contributed by atoms with Crippen molar-refractivity contribution in [1.82, 2.24) is 9.80 Å². The highest BCUT2D eigenvalue weighted by Gasteiger charge is 2.41. The number of rotatable bonds is 4. The second kappa shape index (κ2) is 7.44. The zero-order chi connectivity index (χ0) is 17.9. The third kappa shape index (κ3) is 4.31. The summed E-state index contributed by atoms with van der Waals surface area (Å²) in [4.78, 5) is 27.6. The lowest BCUT2D eigenvalue weighted by atomic mass is 9.95. The van der Waals surface area contributed by atoms with E-state index in [-0.39, 0.29) is 24.3 Å². The summed E-state index contributed by atoms with van der Waals surface area (Å²) < 4.78 is 5.67. The lowest BCUT2D eigenvalue weighted by Gasteiger charge is -2.33. The van der Waals surface area contributed by atoms with E-state index in [1.165, 1.54) is 0 Å². The quantitative estimate of drug-likeness (QED) is 0.892. The summed E-state index contributed by atoms with van der Waals surface area (Å²) in [6.07, 6.45) is 1.93. The van der Waals surface area contributed by atoms with Gasteiger partial charge in [0.15, 0.2) is 0 Å². The Morgan fingerprint density at radius 3 is 2.48 bits per heavy atom. The average molecular weight is 346 g/mol. The first-order chi connectivity index (χ1) is 12.0. The molecule has 2 saturated heterocycles. The maximum Gasteiger partial charge on any atom is 0.225 e. The molecule has 0 bridgehead atoms. The van der Waals surface area contributed by atoms with E-state index >= 15 is 0 Å². The van der Waals surface area contributed by atoms with Gasteiger partial charge in [0.05, 0.1) is 6.54 Å². The highest BCUT2D eigenvalue weighted by Crippen LogP contribution is 2.27. The van der Waals surface area contributed by atoms with E-state index in [1.54, 1.807) is 16.7 Å². The fourth-order valence-electron chi connectivity index (χ4n) is 3.60. The highest BCUT2D eigenvalue weighted by atomic mass is 16.5. The Hall–Kier alpha value is -2.08. The number of β-amino-alcohol motifs (C(OH)–C–C–N with tert-alkyl or cyclic N) is 1. The molecule has 2 fully saturated rings. The van der Waals surface area contributed by atoms with Gasteiger partial charge in [-0.15, -0.1) is 0 Å². The van der Waals surface area contributed by atoms with Gasteiger partial charge in [-0.2, -0.15) is 0 Å². The molecule has 2 amide bonds. The number of benzene rings is 1. The van der Waals surface area contributed by atoms with Crippen LogP contribution in [0.2, 0.25) is 0 Å². The molecule has 0 unspecified atom stereocenters. The molecule has 136 valence electrons. The van der Waals surface area contributed by atoms with Crippen molar-refractivity contribution in [2.45, 2.75) is 31.8 Å². The number of amides is 2. The summed E-state index contributed by atoms with van der Waals surface area (Å²) in [7, 11) is 0. The van der Waals surface area contributed by atoms with Crippen molar-refractivity contribution >= 4 is 11.8 Å². The van der Waals surface area contributed by atoms with Crippen LogP contribution in [-0.4, -0.2) is 65.1 Å². The number of likely N-dealkylation sites (tertiary alicyclic amines) is 2. The number of nitrogens with zero attached hydrogens (tertiary/aromatic N) is 2. The van der Waals surface area contributed by atoms with Gasteiger partial charge in [0, 0.05) is 32.5 Å². The fraction of sp³-hybridized carbons (Fsp3) is 0.579. The zero-order valence-electron chi connectivity index (χ0n) is 14.7. The number of aliphatic hydroxyl groups is 1. The molecule has 6 heteroatoms. The highest BCUT2D eigenvalue weighted by molar-refractivity contribution is 5.80. The molecular formula is C19H26N2O4. The van der Waals surface area contributed by atoms with Crippen molar-refractivity contribution in [2.75, 3.05) is 32.8 Å². The average Bonchev–Trinajstić information content (AvgIpc) is 3.03. The molecule has 3 rings (SSSR count). The van der Waals surface area contributed by atoms with Crippen molar-refractivity contribution in [3.05, 3.63) is 30.3 Å². The lowest BCUT2D eigenvalue weighted by Crippen LogP contribution is -2.45. The van der Waals surface area contributed by atoms with Gasteiger partial charge in [-0.1, -0.05) is 18.2 Å². The molecule has 25 heavy (non-hydrogen) atoms. The normalized spacial score (nSPS) is 24.4. The van der Waals surface area contributed by atoms with E-state index in [1.807, 2.05) is 30.3 Å². The van der Waals surface area contributed by atoms with Crippen LogP contribution >= 0.6 is 0 Å². The molecular weight excluding hydrogens is 320 g/mol. The van der Waals surface area contributed by atoms with Crippen molar-refractivity contribution < 1.29 is 19.4 Å². The molecule has 1 atom stereocenters. The fourth-order valence-corrected chi connectivity index (χ4v) is 3.60. The smallest absolute Gasteiger partial charge is 0.225 e. The number of hydrogen-bond acceptors (Lipinski definition) is 4. The molecule has 1 aromatic rings. The number of hydrogen-bond donors (Lipinski definition) is 1. The van der Waals surface area contributed by atoms with Crippen molar-refractivity contribution in [2.24, 2.45) is 5.92 Å². The van der Waals surface area contributed by atoms with Crippen LogP contribution in [0.15, 0.2) is 30.3 Å². The minimum Gasteiger partial charge on any atom is -0.491 e. The molecule has 2 aliphatic rings. The monoisotopic (exact) mass is 346 g/mol. The van der Waals surface area contributed by atoms with Crippen LogP contribution < -0.4 is 4.74 Å². The van der Waals surface area contributed by atoms with E-state index in [0.29, 0.717) is 45.4 Å². The summed E-state index contributed by atoms with van der Waals surface area (Å²) in [5, 5.41) is 10.7. The maximum atomic E-state index is 12.7. The Morgan fingerprint density at radius 1 is 1.16 bits per heavy atom. The largest absolute Gasteiger partial charge is 0.491 e. The number of para-hydroxylation sites is 1. The summed E-state index contributed by atoms with van der Waals surface area (Å²) in [6, 6.07) is 9.39. The SMILES string of the molecule is CC(=O)N1CCC(C(=O)N2CC[C@@](O)(COc3ccccc3)C2)CC1. The molecule has 0 aromatic heterocycles. The third-order valence-corrected chi connectivity index (χ3v) is 5.18. The Labute approximate surface area is 148 Å².